The summed E-state index contributed by atoms with van der Waals surface area (Å²) in [6.45, 7) is 2.02. The molecule has 1 aromatic carbocycles. The van der Waals surface area contributed by atoms with Gasteiger partial charge in [-0.3, -0.25) is 9.79 Å². The second-order valence-corrected chi connectivity index (χ2v) is 15.0. The van der Waals surface area contributed by atoms with Crippen LogP contribution >= 0.6 is 11.8 Å². The zero-order valence-corrected chi connectivity index (χ0v) is 21.0. The van der Waals surface area contributed by atoms with Crippen molar-refractivity contribution in [2.24, 2.45) is 28.2 Å². The van der Waals surface area contributed by atoms with Crippen LogP contribution in [0, 0.1) is 30.1 Å². The number of anilines is 1. The predicted molar refractivity (Wildman–Crippen MR) is 135 cm³/mol. The molecule has 7 heteroatoms. The molecule has 5 fully saturated rings. The van der Waals surface area contributed by atoms with Crippen LogP contribution in [0.15, 0.2) is 23.2 Å². The molecule has 2 unspecified atom stereocenters. The second-order valence-electron chi connectivity index (χ2n) is 11.6. The number of carbonyl (C=O) groups excluding carboxylic acids is 1. The topological polar surface area (TPSA) is 75.6 Å². The van der Waals surface area contributed by atoms with Crippen molar-refractivity contribution < 1.29 is 13.2 Å². The van der Waals surface area contributed by atoms with Gasteiger partial charge in [-0.15, -0.1) is 0 Å². The first-order valence-electron chi connectivity index (χ1n) is 12.6. The Balaban J connectivity index is 1.07. The molecule has 2 aliphatic heterocycles. The number of carbonyl (C=O) groups is 1. The molecule has 0 amide bonds. The minimum absolute atomic E-state index is 0.0206. The number of nitrogens with one attached hydrogen (secondary N) is 1. The van der Waals surface area contributed by atoms with E-state index >= 15 is 0 Å². The molecule has 0 spiro atoms. The Kier molecular flexibility index (Phi) is 5.44. The summed E-state index contributed by atoms with van der Waals surface area (Å²) in [5.74, 6) is 3.48. The molecule has 6 aliphatic rings. The molecule has 0 aromatic heterocycles. The first-order valence-corrected chi connectivity index (χ1v) is 15.3. The summed E-state index contributed by atoms with van der Waals surface area (Å²) >= 11 is 1.52. The van der Waals surface area contributed by atoms with Crippen LogP contribution in [0.4, 0.5) is 5.69 Å². The Hall–Kier alpha value is -1.34. The minimum atomic E-state index is -2.95. The number of hydrogen-bond acceptors (Lipinski definition) is 6. The van der Waals surface area contributed by atoms with Crippen LogP contribution in [0.25, 0.3) is 0 Å². The summed E-state index contributed by atoms with van der Waals surface area (Å²) < 4.78 is 23.6. The van der Waals surface area contributed by atoms with E-state index in [-0.39, 0.29) is 28.6 Å². The van der Waals surface area contributed by atoms with E-state index in [1.165, 1.54) is 56.7 Å². The molecule has 5 nitrogen and oxygen atoms in total. The van der Waals surface area contributed by atoms with Gasteiger partial charge in [-0.2, -0.15) is 0 Å². The molecule has 1 aromatic rings. The summed E-state index contributed by atoms with van der Waals surface area (Å²) in [5.41, 5.74) is 3.27. The molecule has 7 rings (SSSR count). The Bertz CT molecular complexity index is 1080. The van der Waals surface area contributed by atoms with Crippen molar-refractivity contribution in [3.8, 4) is 0 Å². The third kappa shape index (κ3) is 4.40. The maximum atomic E-state index is 13.0. The van der Waals surface area contributed by atoms with Crippen LogP contribution in [-0.2, 0) is 9.84 Å². The van der Waals surface area contributed by atoms with E-state index in [4.69, 9.17) is 0 Å². The second kappa shape index (κ2) is 8.11. The number of aliphatic imine (C=N–C) groups is 1. The van der Waals surface area contributed by atoms with Gasteiger partial charge in [-0.1, -0.05) is 23.9 Å². The fourth-order valence-electron chi connectivity index (χ4n) is 7.83. The number of benzene rings is 1. The zero-order valence-electron chi connectivity index (χ0n) is 19.4. The standard InChI is InChI=1S/C26H34N2O3S2/c1-16-4-5-20(10-21(16)27-25-28-22-14-33(30,31)15-24(22)32-25)23(29)3-2-6-26-11-17-7-18(12-26)9-19(8-17)13-26/h4-5,10,17-19,22,24H,2-3,6-9,11-15H2,1H3,(H,27,28). The van der Waals surface area contributed by atoms with Gasteiger partial charge in [0.2, 0.25) is 0 Å². The van der Waals surface area contributed by atoms with Gasteiger partial charge in [0.1, 0.15) is 0 Å². The number of fused-ring (bicyclic) bond motifs is 1. The van der Waals surface area contributed by atoms with Gasteiger partial charge in [0.05, 0.1) is 17.5 Å². The summed E-state index contributed by atoms with van der Waals surface area (Å²) in [5, 5.41) is 4.16. The maximum Gasteiger partial charge on any atom is 0.162 e. The zero-order chi connectivity index (χ0) is 22.8. The van der Waals surface area contributed by atoms with E-state index in [2.05, 4.69) is 10.3 Å². The monoisotopic (exact) mass is 486 g/mol. The molecule has 4 saturated carbocycles. The van der Waals surface area contributed by atoms with Crippen LogP contribution in [-0.4, -0.2) is 42.2 Å². The molecule has 178 valence electrons. The molecule has 33 heavy (non-hydrogen) atoms. The van der Waals surface area contributed by atoms with Gasteiger partial charge in [-0.05, 0) is 93.1 Å². The summed E-state index contributed by atoms with van der Waals surface area (Å²) in [7, 11) is -2.95. The van der Waals surface area contributed by atoms with Gasteiger partial charge in [0.15, 0.2) is 20.8 Å². The van der Waals surface area contributed by atoms with Crippen molar-refractivity contribution in [2.45, 2.75) is 76.0 Å². The van der Waals surface area contributed by atoms with Gasteiger partial charge in [-0.25, -0.2) is 8.42 Å². The molecule has 1 N–H and O–H groups in total. The van der Waals surface area contributed by atoms with Crippen molar-refractivity contribution >= 4 is 38.2 Å². The number of rotatable bonds is 6. The minimum Gasteiger partial charge on any atom is -0.335 e. The Morgan fingerprint density at radius 1 is 1.12 bits per heavy atom. The van der Waals surface area contributed by atoms with Crippen molar-refractivity contribution in [3.63, 3.8) is 0 Å². The maximum absolute atomic E-state index is 13.0. The van der Waals surface area contributed by atoms with E-state index in [0.29, 0.717) is 11.8 Å². The number of amidine groups is 1. The van der Waals surface area contributed by atoms with Crippen LogP contribution in [0.5, 0.6) is 0 Å². The average molecular weight is 487 g/mol. The van der Waals surface area contributed by atoms with Crippen LogP contribution in [0.3, 0.4) is 0 Å². The van der Waals surface area contributed by atoms with Crippen LogP contribution in [0.2, 0.25) is 0 Å². The molecule has 1 saturated heterocycles. The quantitative estimate of drug-likeness (QED) is 0.556. The van der Waals surface area contributed by atoms with E-state index in [1.54, 1.807) is 0 Å². The number of hydrogen-bond donors (Lipinski definition) is 1. The van der Waals surface area contributed by atoms with E-state index in [0.717, 1.165) is 46.2 Å². The van der Waals surface area contributed by atoms with E-state index < -0.39 is 9.84 Å². The SMILES string of the molecule is Cc1ccc(C(=O)CCCC23CC4CC(CC(C4)C2)C3)cc1NC1=NC2CS(=O)(=O)CC2S1. The number of sulfone groups is 1. The van der Waals surface area contributed by atoms with E-state index in [9.17, 15) is 13.2 Å². The summed E-state index contributed by atoms with van der Waals surface area (Å²) in [4.78, 5) is 17.6. The van der Waals surface area contributed by atoms with Crippen LogP contribution in [0.1, 0.15) is 73.7 Å². The first kappa shape index (κ1) is 22.1. The van der Waals surface area contributed by atoms with Crippen molar-refractivity contribution in [2.75, 3.05) is 16.8 Å². The predicted octanol–water partition coefficient (Wildman–Crippen LogP) is 5.24. The van der Waals surface area contributed by atoms with Crippen molar-refractivity contribution in [3.05, 3.63) is 29.3 Å². The van der Waals surface area contributed by atoms with Gasteiger partial charge in [0, 0.05) is 22.9 Å². The van der Waals surface area contributed by atoms with Gasteiger partial charge < -0.3 is 5.32 Å². The Labute approximate surface area is 201 Å². The van der Waals surface area contributed by atoms with Crippen molar-refractivity contribution in [1.82, 2.24) is 0 Å². The third-order valence-electron chi connectivity index (χ3n) is 8.90. The van der Waals surface area contributed by atoms with Crippen molar-refractivity contribution in [1.29, 1.82) is 0 Å². The third-order valence-corrected chi connectivity index (χ3v) is 12.0. The van der Waals surface area contributed by atoms with Gasteiger partial charge in [0.25, 0.3) is 0 Å². The molecule has 0 radical (unpaired) electrons. The number of Topliss-reactive ketones (excluding diaryl/α,β-unsaturated/α-hetero) is 1. The highest BCUT2D eigenvalue weighted by molar-refractivity contribution is 8.15. The Morgan fingerprint density at radius 2 is 1.82 bits per heavy atom. The van der Waals surface area contributed by atoms with Crippen LogP contribution < -0.4 is 5.32 Å². The lowest BCUT2D eigenvalue weighted by Crippen LogP contribution is -2.45. The fraction of sp³-hybridized carbons (Fsp3) is 0.692. The summed E-state index contributed by atoms with van der Waals surface area (Å²) in [6.07, 6.45) is 11.5. The van der Waals surface area contributed by atoms with Gasteiger partial charge >= 0.3 is 0 Å². The fourth-order valence-corrected chi connectivity index (χ4v) is 11.5. The molecular weight excluding hydrogens is 452 g/mol. The first-order chi connectivity index (χ1) is 15.8. The number of aryl methyl sites for hydroxylation is 1. The normalized spacial score (nSPS) is 37.7. The Morgan fingerprint density at radius 3 is 2.48 bits per heavy atom. The van der Waals surface area contributed by atoms with E-state index in [1.807, 2.05) is 25.1 Å². The highest BCUT2D eigenvalue weighted by Crippen LogP contribution is 2.61. The molecule has 2 heterocycles. The molecule has 2 atom stereocenters. The highest BCUT2D eigenvalue weighted by Gasteiger charge is 2.50. The smallest absolute Gasteiger partial charge is 0.162 e. The lowest BCUT2D eigenvalue weighted by atomic mass is 9.48. The molecular formula is C26H34N2O3S2. The number of nitrogens with zero attached hydrogens (tertiary/aromatic N) is 1. The number of thioether (sulfide) groups is 1. The largest absolute Gasteiger partial charge is 0.335 e. The highest BCUT2D eigenvalue weighted by atomic mass is 32.2. The molecule has 4 aliphatic carbocycles. The summed E-state index contributed by atoms with van der Waals surface area (Å²) in [6, 6.07) is 5.76. The number of ketones is 1. The average Bonchev–Trinajstić information content (AvgIpc) is 3.21. The lowest BCUT2D eigenvalue weighted by Gasteiger charge is -2.57. The molecule has 4 bridgehead atoms. The lowest BCUT2D eigenvalue weighted by molar-refractivity contribution is -0.0580.